The van der Waals surface area contributed by atoms with Gasteiger partial charge in [-0.2, -0.15) is 0 Å². The Labute approximate surface area is 119 Å². The average molecular weight is 344 g/mol. The molecule has 19 heavy (non-hydrogen) atoms. The van der Waals surface area contributed by atoms with Gasteiger partial charge in [0.05, 0.1) is 15.1 Å². The van der Waals surface area contributed by atoms with Crippen LogP contribution in [0, 0.1) is 12.7 Å². The van der Waals surface area contributed by atoms with Crippen LogP contribution in [-0.4, -0.2) is 8.42 Å². The summed E-state index contributed by atoms with van der Waals surface area (Å²) in [4.78, 5) is -0.114. The molecule has 6 heteroatoms. The first-order valence-corrected chi connectivity index (χ1v) is 7.71. The normalized spacial score (nSPS) is 11.3. The maximum atomic E-state index is 13.4. The predicted octanol–water partition coefficient (Wildman–Crippen LogP) is 3.70. The highest BCUT2D eigenvalue weighted by Gasteiger charge is 2.16. The first-order valence-electron chi connectivity index (χ1n) is 5.43. The van der Waals surface area contributed by atoms with E-state index in [1.165, 1.54) is 12.1 Å². The highest BCUT2D eigenvalue weighted by atomic mass is 79.9. The smallest absolute Gasteiger partial charge is 0.262 e. The number of hydrogen-bond donors (Lipinski definition) is 1. The van der Waals surface area contributed by atoms with Gasteiger partial charge in [0.25, 0.3) is 10.0 Å². The van der Waals surface area contributed by atoms with Crippen molar-refractivity contribution in [3.63, 3.8) is 0 Å². The van der Waals surface area contributed by atoms with Crippen molar-refractivity contribution in [3.05, 3.63) is 58.3 Å². The zero-order valence-electron chi connectivity index (χ0n) is 10.0. The van der Waals surface area contributed by atoms with E-state index >= 15 is 0 Å². The van der Waals surface area contributed by atoms with Crippen LogP contribution in [0.4, 0.5) is 10.1 Å². The number of benzene rings is 2. The summed E-state index contributed by atoms with van der Waals surface area (Å²) in [5.74, 6) is -0.618. The van der Waals surface area contributed by atoms with Crippen LogP contribution < -0.4 is 4.72 Å². The van der Waals surface area contributed by atoms with Crippen molar-refractivity contribution in [2.75, 3.05) is 4.72 Å². The molecule has 0 amide bonds. The van der Waals surface area contributed by atoms with Crippen molar-refractivity contribution >= 4 is 31.6 Å². The van der Waals surface area contributed by atoms with Crippen molar-refractivity contribution in [1.82, 2.24) is 0 Å². The molecule has 0 spiro atoms. The minimum absolute atomic E-state index is 0.114. The van der Waals surface area contributed by atoms with Crippen LogP contribution in [-0.2, 0) is 10.0 Å². The summed E-state index contributed by atoms with van der Waals surface area (Å²) >= 11 is 2.98. The van der Waals surface area contributed by atoms with Gasteiger partial charge in [0, 0.05) is 0 Å². The van der Waals surface area contributed by atoms with E-state index in [2.05, 4.69) is 20.7 Å². The number of aryl methyl sites for hydroxylation is 1. The highest BCUT2D eigenvalue weighted by Crippen LogP contribution is 2.22. The second-order valence-corrected chi connectivity index (χ2v) is 6.53. The number of nitrogens with one attached hydrogen (secondary N) is 1. The van der Waals surface area contributed by atoms with E-state index in [1.54, 1.807) is 25.1 Å². The van der Waals surface area contributed by atoms with E-state index in [0.29, 0.717) is 5.69 Å². The Bertz CT molecular complexity index is 716. The number of hydrogen-bond acceptors (Lipinski definition) is 2. The Morgan fingerprint density at radius 1 is 1.16 bits per heavy atom. The zero-order valence-corrected chi connectivity index (χ0v) is 12.4. The molecule has 3 nitrogen and oxygen atoms in total. The molecule has 0 bridgehead atoms. The third kappa shape index (κ3) is 3.13. The number of rotatable bonds is 3. The summed E-state index contributed by atoms with van der Waals surface area (Å²) in [5, 5.41) is 0. The maximum Gasteiger partial charge on any atom is 0.262 e. The number of anilines is 1. The summed E-state index contributed by atoms with van der Waals surface area (Å²) in [6, 6.07) is 10.7. The van der Waals surface area contributed by atoms with Gasteiger partial charge < -0.3 is 0 Å². The van der Waals surface area contributed by atoms with Gasteiger partial charge in [0.1, 0.15) is 5.82 Å². The van der Waals surface area contributed by atoms with Gasteiger partial charge in [-0.1, -0.05) is 18.2 Å². The number of halogens is 2. The Kier molecular flexibility index (Phi) is 3.91. The van der Waals surface area contributed by atoms with E-state index in [9.17, 15) is 12.8 Å². The number of sulfonamides is 1. The molecule has 0 fully saturated rings. The minimum atomic E-state index is -3.79. The molecule has 2 rings (SSSR count). The van der Waals surface area contributed by atoms with Crippen molar-refractivity contribution in [2.24, 2.45) is 0 Å². The topological polar surface area (TPSA) is 46.2 Å². The first kappa shape index (κ1) is 14.0. The van der Waals surface area contributed by atoms with Gasteiger partial charge in [0.15, 0.2) is 0 Å². The van der Waals surface area contributed by atoms with E-state index in [4.69, 9.17) is 0 Å². The molecule has 0 saturated carbocycles. The number of para-hydroxylation sites is 1. The fourth-order valence-corrected chi connectivity index (χ4v) is 2.92. The van der Waals surface area contributed by atoms with E-state index in [0.717, 1.165) is 11.6 Å². The average Bonchev–Trinajstić information content (AvgIpc) is 2.35. The van der Waals surface area contributed by atoms with Gasteiger partial charge in [-0.15, -0.1) is 0 Å². The fraction of sp³-hybridized carbons (Fsp3) is 0.0769. The van der Waals surface area contributed by atoms with Crippen molar-refractivity contribution in [3.8, 4) is 0 Å². The molecule has 0 radical (unpaired) electrons. The van der Waals surface area contributed by atoms with Crippen LogP contribution >= 0.6 is 15.9 Å². The Morgan fingerprint density at radius 3 is 2.47 bits per heavy atom. The van der Waals surface area contributed by atoms with Gasteiger partial charge in [-0.25, -0.2) is 12.8 Å². The molecule has 0 atom stereocenters. The highest BCUT2D eigenvalue weighted by molar-refractivity contribution is 9.10. The molecule has 0 aliphatic heterocycles. The standard InChI is InChI=1S/C13H11BrFNO2S/c1-9-4-2-3-5-13(9)16-19(17,18)10-6-7-11(14)12(15)8-10/h2-8,16H,1H3. The van der Waals surface area contributed by atoms with Crippen molar-refractivity contribution < 1.29 is 12.8 Å². The van der Waals surface area contributed by atoms with Crippen LogP contribution in [0.5, 0.6) is 0 Å². The monoisotopic (exact) mass is 343 g/mol. The van der Waals surface area contributed by atoms with Crippen LogP contribution in [0.15, 0.2) is 51.8 Å². The quantitative estimate of drug-likeness (QED) is 0.923. The van der Waals surface area contributed by atoms with Crippen molar-refractivity contribution in [1.29, 1.82) is 0 Å². The molecule has 0 aromatic heterocycles. The zero-order chi connectivity index (χ0) is 14.0. The van der Waals surface area contributed by atoms with Gasteiger partial charge >= 0.3 is 0 Å². The lowest BCUT2D eigenvalue weighted by atomic mass is 10.2. The molecule has 1 N–H and O–H groups in total. The lowest BCUT2D eigenvalue weighted by Crippen LogP contribution is -2.14. The lowest BCUT2D eigenvalue weighted by molar-refractivity contribution is 0.593. The SMILES string of the molecule is Cc1ccccc1NS(=O)(=O)c1ccc(Br)c(F)c1. The van der Waals surface area contributed by atoms with Crippen molar-refractivity contribution in [2.45, 2.75) is 11.8 Å². The third-order valence-electron chi connectivity index (χ3n) is 2.59. The molecular formula is C13H11BrFNO2S. The molecule has 0 saturated heterocycles. The molecule has 0 aliphatic rings. The molecule has 0 unspecified atom stereocenters. The first-order chi connectivity index (χ1) is 8.90. The summed E-state index contributed by atoms with van der Waals surface area (Å²) < 4.78 is 40.3. The summed E-state index contributed by atoms with van der Waals surface area (Å²) in [6.07, 6.45) is 0. The second-order valence-electron chi connectivity index (χ2n) is 4.00. The van der Waals surface area contributed by atoms with Crippen LogP contribution in [0.1, 0.15) is 5.56 Å². The van der Waals surface area contributed by atoms with Crippen LogP contribution in [0.3, 0.4) is 0 Å². The molecule has 0 heterocycles. The molecule has 100 valence electrons. The maximum absolute atomic E-state index is 13.4. The van der Waals surface area contributed by atoms with Crippen LogP contribution in [0.25, 0.3) is 0 Å². The molecule has 2 aromatic carbocycles. The van der Waals surface area contributed by atoms with Gasteiger partial charge in [-0.05, 0) is 52.7 Å². The van der Waals surface area contributed by atoms with E-state index < -0.39 is 15.8 Å². The van der Waals surface area contributed by atoms with Crippen LogP contribution in [0.2, 0.25) is 0 Å². The largest absolute Gasteiger partial charge is 0.279 e. The predicted molar refractivity (Wildman–Crippen MR) is 76.1 cm³/mol. The minimum Gasteiger partial charge on any atom is -0.279 e. The lowest BCUT2D eigenvalue weighted by Gasteiger charge is -2.10. The van der Waals surface area contributed by atoms with Gasteiger partial charge in [-0.3, -0.25) is 4.72 Å². The second kappa shape index (κ2) is 5.30. The Hall–Kier alpha value is -1.40. The van der Waals surface area contributed by atoms with E-state index in [1.807, 2.05) is 6.07 Å². The molecule has 0 aliphatic carbocycles. The summed E-state index contributed by atoms with van der Waals surface area (Å²) in [7, 11) is -3.79. The Balaban J connectivity index is 2.38. The molecule has 2 aromatic rings. The summed E-state index contributed by atoms with van der Waals surface area (Å²) in [5.41, 5.74) is 1.27. The fourth-order valence-electron chi connectivity index (χ4n) is 1.54. The Morgan fingerprint density at radius 2 is 1.84 bits per heavy atom. The third-order valence-corrected chi connectivity index (χ3v) is 4.60. The van der Waals surface area contributed by atoms with E-state index in [-0.39, 0.29) is 9.37 Å². The molecular weight excluding hydrogens is 333 g/mol. The van der Waals surface area contributed by atoms with Gasteiger partial charge in [0.2, 0.25) is 0 Å². The summed E-state index contributed by atoms with van der Waals surface area (Å²) in [6.45, 7) is 1.79.